The lowest BCUT2D eigenvalue weighted by molar-refractivity contribution is -0.440. The Labute approximate surface area is 165 Å². The Hall–Kier alpha value is -0.180. The number of unbranched alkanes of at least 4 members (excludes halogenated alkanes) is 3. The molecule has 170 valence electrons. The van der Waals surface area contributed by atoms with Crippen LogP contribution in [0.4, 0.5) is 57.1 Å². The zero-order valence-electron chi connectivity index (χ0n) is 14.1. The third-order valence-corrected chi connectivity index (χ3v) is 4.91. The Morgan fingerprint density at radius 3 is 1.43 bits per heavy atom. The van der Waals surface area contributed by atoms with Crippen molar-refractivity contribution in [3.8, 4) is 0 Å². The Morgan fingerprint density at radius 1 is 0.607 bits per heavy atom. The molecule has 0 bridgehead atoms. The van der Waals surface area contributed by atoms with Crippen molar-refractivity contribution in [2.24, 2.45) is 0 Å². The van der Waals surface area contributed by atoms with Gasteiger partial charge >= 0.3 is 35.8 Å². The van der Waals surface area contributed by atoms with Crippen molar-refractivity contribution in [2.45, 2.75) is 85.2 Å². The van der Waals surface area contributed by atoms with Crippen LogP contribution in [0.1, 0.15) is 45.4 Å². The molecule has 1 atom stereocenters. The fraction of sp³-hybridized carbons (Fsp3) is 1.00. The minimum atomic E-state index is -7.83. The van der Waals surface area contributed by atoms with Gasteiger partial charge in [-0.15, -0.1) is 0 Å². The first-order valence-electron chi connectivity index (χ1n) is 7.80. The zero-order chi connectivity index (χ0) is 22.8. The second kappa shape index (κ2) is 8.90. The summed E-state index contributed by atoms with van der Waals surface area (Å²) in [4.78, 5) is 0. The van der Waals surface area contributed by atoms with Crippen molar-refractivity contribution >= 4 is 22.6 Å². The smallest absolute Gasteiger partial charge is 0.200 e. The third kappa shape index (κ3) is 5.10. The monoisotopic (exact) mass is 558 g/mol. The maximum absolute atomic E-state index is 13.6. The fourth-order valence-electron chi connectivity index (χ4n) is 2.10. The molecule has 0 heterocycles. The molecule has 0 amide bonds. The molecule has 0 radical (unpaired) electrons. The maximum Gasteiger partial charge on any atom is 0.460 e. The highest BCUT2D eigenvalue weighted by Crippen LogP contribution is 2.61. The van der Waals surface area contributed by atoms with Crippen LogP contribution in [-0.2, 0) is 0 Å². The summed E-state index contributed by atoms with van der Waals surface area (Å²) in [6.07, 6.45) is -7.65. The Bertz CT molecular complexity index is 498. The second-order valence-electron chi connectivity index (χ2n) is 6.15. The zero-order valence-corrected chi connectivity index (χ0v) is 16.3. The summed E-state index contributed by atoms with van der Waals surface area (Å²) in [5.41, 5.74) is 0. The molecule has 0 unspecified atom stereocenters. The van der Waals surface area contributed by atoms with Gasteiger partial charge in [-0.2, -0.15) is 57.1 Å². The van der Waals surface area contributed by atoms with Crippen LogP contribution >= 0.6 is 22.6 Å². The molecule has 0 fully saturated rings. The number of hydrogen-bond acceptors (Lipinski definition) is 0. The van der Waals surface area contributed by atoms with Gasteiger partial charge in [0.05, 0.1) is 0 Å². The minimum absolute atomic E-state index is 0.201. The summed E-state index contributed by atoms with van der Waals surface area (Å²) < 4.78 is 167. The summed E-state index contributed by atoms with van der Waals surface area (Å²) in [5, 5.41) is 0. The van der Waals surface area contributed by atoms with Gasteiger partial charge in [-0.05, 0) is 6.42 Å². The number of alkyl halides is 14. The number of rotatable bonds is 11. The molecule has 0 aromatic heterocycles. The van der Waals surface area contributed by atoms with Gasteiger partial charge in [0.15, 0.2) is 0 Å². The predicted octanol–water partition coefficient (Wildman–Crippen LogP) is 7.89. The van der Waals surface area contributed by atoms with Gasteiger partial charge in [-0.3, -0.25) is 0 Å². The van der Waals surface area contributed by atoms with E-state index in [2.05, 4.69) is 0 Å². The van der Waals surface area contributed by atoms with E-state index in [9.17, 15) is 57.1 Å². The quantitative estimate of drug-likeness (QED) is 0.105. The first-order valence-corrected chi connectivity index (χ1v) is 9.05. The lowest BCUT2D eigenvalue weighted by Gasteiger charge is -2.40. The lowest BCUT2D eigenvalue weighted by atomic mass is 9.91. The van der Waals surface area contributed by atoms with E-state index < -0.39 is 46.1 Å². The highest BCUT2D eigenvalue weighted by atomic mass is 127. The Morgan fingerprint density at radius 2 is 1.04 bits per heavy atom. The van der Waals surface area contributed by atoms with Gasteiger partial charge in [-0.25, -0.2) is 0 Å². The lowest BCUT2D eigenvalue weighted by Crippen LogP contribution is -2.70. The number of halogens is 14. The van der Waals surface area contributed by atoms with Crippen LogP contribution in [0.15, 0.2) is 0 Å². The molecule has 28 heavy (non-hydrogen) atoms. The molecule has 0 aromatic carbocycles. The van der Waals surface area contributed by atoms with Crippen molar-refractivity contribution in [1.82, 2.24) is 0 Å². The van der Waals surface area contributed by atoms with E-state index in [0.29, 0.717) is 12.8 Å². The van der Waals surface area contributed by atoms with Crippen LogP contribution in [0.2, 0.25) is 0 Å². The normalized spacial score (nSPS) is 16.4. The first kappa shape index (κ1) is 27.8. The van der Waals surface area contributed by atoms with Crippen LogP contribution in [0.25, 0.3) is 0 Å². The standard InChI is InChI=1S/C14H16F13I/c1-2-3-4-5-6-8(28)7-9(15,16)10(17,18)11(19,20)12(21,22)13(23,24)14(25,26)27/h8H,2-7H2,1H3/t8-/m0/s1. The molecule has 0 saturated carbocycles. The van der Waals surface area contributed by atoms with Crippen molar-refractivity contribution in [3.63, 3.8) is 0 Å². The molecule has 0 saturated heterocycles. The average molecular weight is 558 g/mol. The van der Waals surface area contributed by atoms with Crippen LogP contribution in [0.3, 0.4) is 0 Å². The van der Waals surface area contributed by atoms with E-state index in [-0.39, 0.29) is 12.8 Å². The van der Waals surface area contributed by atoms with Gasteiger partial charge in [-0.1, -0.05) is 55.2 Å². The molecule has 14 heteroatoms. The van der Waals surface area contributed by atoms with Gasteiger partial charge in [0.25, 0.3) is 0 Å². The molecule has 0 aliphatic rings. The SMILES string of the molecule is CCCCCC[C@H](I)CC(F)(F)C(F)(F)C(F)(F)C(F)(F)C(F)(F)C(F)(F)F. The highest BCUT2D eigenvalue weighted by Gasteiger charge is 2.90. The van der Waals surface area contributed by atoms with E-state index in [0.717, 1.165) is 29.0 Å². The molecule has 0 spiro atoms. The molecule has 0 aliphatic heterocycles. The largest absolute Gasteiger partial charge is 0.460 e. The van der Waals surface area contributed by atoms with E-state index in [1.807, 2.05) is 0 Å². The molecular weight excluding hydrogens is 542 g/mol. The van der Waals surface area contributed by atoms with Crippen molar-refractivity contribution in [1.29, 1.82) is 0 Å². The highest BCUT2D eigenvalue weighted by molar-refractivity contribution is 14.1. The van der Waals surface area contributed by atoms with Gasteiger partial charge in [0, 0.05) is 10.3 Å². The topological polar surface area (TPSA) is 0 Å². The molecule has 0 N–H and O–H groups in total. The first-order chi connectivity index (χ1) is 12.2. The van der Waals surface area contributed by atoms with E-state index >= 15 is 0 Å². The number of hydrogen-bond donors (Lipinski definition) is 0. The van der Waals surface area contributed by atoms with Crippen molar-refractivity contribution in [3.05, 3.63) is 0 Å². The van der Waals surface area contributed by atoms with E-state index in [1.165, 1.54) is 0 Å². The Balaban J connectivity index is 5.67. The van der Waals surface area contributed by atoms with Gasteiger partial charge in [0.2, 0.25) is 0 Å². The summed E-state index contributed by atoms with van der Waals surface area (Å²) in [6, 6.07) is 0. The summed E-state index contributed by atoms with van der Waals surface area (Å²) >= 11 is 1.16. The maximum atomic E-state index is 13.6. The molecule has 0 rings (SSSR count). The van der Waals surface area contributed by atoms with Crippen LogP contribution in [-0.4, -0.2) is 39.7 Å². The predicted molar refractivity (Wildman–Crippen MR) is 82.0 cm³/mol. The van der Waals surface area contributed by atoms with Crippen molar-refractivity contribution in [2.75, 3.05) is 0 Å². The molecule has 0 aliphatic carbocycles. The average Bonchev–Trinajstić information content (AvgIpc) is 2.49. The van der Waals surface area contributed by atoms with Crippen LogP contribution in [0, 0.1) is 0 Å². The third-order valence-electron chi connectivity index (χ3n) is 3.85. The van der Waals surface area contributed by atoms with Gasteiger partial charge in [0.1, 0.15) is 0 Å². The summed E-state index contributed by atoms with van der Waals surface area (Å²) in [6.45, 7) is 1.79. The Kier molecular flexibility index (Phi) is 8.84. The van der Waals surface area contributed by atoms with Crippen LogP contribution < -0.4 is 0 Å². The minimum Gasteiger partial charge on any atom is -0.200 e. The summed E-state index contributed by atoms with van der Waals surface area (Å²) in [7, 11) is 0. The van der Waals surface area contributed by atoms with Crippen molar-refractivity contribution < 1.29 is 57.1 Å². The second-order valence-corrected chi connectivity index (χ2v) is 7.91. The molecule has 0 nitrogen and oxygen atoms in total. The molecule has 0 aromatic rings. The summed E-state index contributed by atoms with van der Waals surface area (Å²) in [5.74, 6) is -36.3. The fourth-order valence-corrected chi connectivity index (χ4v) is 3.10. The van der Waals surface area contributed by atoms with Crippen LogP contribution in [0.5, 0.6) is 0 Å². The van der Waals surface area contributed by atoms with E-state index in [4.69, 9.17) is 0 Å². The van der Waals surface area contributed by atoms with E-state index in [1.54, 1.807) is 6.92 Å². The molecular formula is C14H16F13I. The van der Waals surface area contributed by atoms with Gasteiger partial charge < -0.3 is 0 Å².